The van der Waals surface area contributed by atoms with Gasteiger partial charge in [0, 0.05) is 23.8 Å². The van der Waals surface area contributed by atoms with Gasteiger partial charge in [0.2, 0.25) is 0 Å². The van der Waals surface area contributed by atoms with Crippen LogP contribution in [0.5, 0.6) is 0 Å². The van der Waals surface area contributed by atoms with Gasteiger partial charge in [0.25, 0.3) is 0 Å². The van der Waals surface area contributed by atoms with E-state index in [4.69, 9.17) is 20.3 Å². The Bertz CT molecular complexity index is 1110. The molecule has 0 amide bonds. The molecule has 0 aliphatic carbocycles. The molecule has 0 aromatic carbocycles. The van der Waals surface area contributed by atoms with Gasteiger partial charge in [-0.25, -0.2) is 0 Å². The average Bonchev–Trinajstić information content (AvgIpc) is 3.19. The molecule has 0 saturated carbocycles. The first-order valence-electron chi connectivity index (χ1n) is 23.0. The largest absolute Gasteiger partial charge is 0.481 e. The van der Waals surface area contributed by atoms with Gasteiger partial charge in [-0.2, -0.15) is 0 Å². The predicted molar refractivity (Wildman–Crippen MR) is 243 cm³/mol. The van der Waals surface area contributed by atoms with Crippen LogP contribution in [0.25, 0.3) is 0 Å². The number of carbonyl (C=O) groups is 3. The van der Waals surface area contributed by atoms with Crippen LogP contribution in [-0.2, 0) is 23.9 Å². The zero-order valence-corrected chi connectivity index (χ0v) is 37.7. The smallest absolute Gasteiger partial charge is 0.323 e. The molecule has 0 fully saturated rings. The second kappa shape index (κ2) is 41.3. The Kier molecular flexibility index (Phi) is 39.6. The van der Waals surface area contributed by atoms with Gasteiger partial charge in [-0.1, -0.05) is 185 Å². The van der Waals surface area contributed by atoms with Gasteiger partial charge in [-0.05, 0) is 44.4 Å². The van der Waals surface area contributed by atoms with Crippen LogP contribution in [0.1, 0.15) is 188 Å². The Hall–Kier alpha value is -2.40. The van der Waals surface area contributed by atoms with Crippen LogP contribution in [0.2, 0.25) is 0 Å². The van der Waals surface area contributed by atoms with Crippen LogP contribution in [0.4, 0.5) is 0 Å². The molecule has 0 unspecified atom stereocenters. The van der Waals surface area contributed by atoms with Crippen molar-refractivity contribution in [3.05, 3.63) is 48.6 Å². The van der Waals surface area contributed by atoms with Crippen molar-refractivity contribution < 1.29 is 39.2 Å². The monoisotopic (exact) mass is 836 g/mol. The molecule has 0 spiro atoms. The lowest BCUT2D eigenvalue weighted by Gasteiger charge is -2.21. The topological polar surface area (TPSA) is 156 Å². The molecule has 58 heavy (non-hydrogen) atoms. The van der Waals surface area contributed by atoms with Crippen molar-refractivity contribution in [1.29, 1.82) is 0 Å². The highest BCUT2D eigenvalue weighted by atomic mass is 32.2. The Morgan fingerprint density at radius 3 is 1.79 bits per heavy atom. The van der Waals surface area contributed by atoms with E-state index < -0.39 is 35.4 Å². The molecule has 0 rings (SSSR count). The fraction of sp³-hybridized carbons (Fsp3) is 0.771. The molecule has 0 aromatic heterocycles. The lowest BCUT2D eigenvalue weighted by Crippen LogP contribution is -2.38. The van der Waals surface area contributed by atoms with Gasteiger partial charge >= 0.3 is 17.9 Å². The van der Waals surface area contributed by atoms with Crippen molar-refractivity contribution in [3.63, 3.8) is 0 Å². The zero-order chi connectivity index (χ0) is 42.9. The third kappa shape index (κ3) is 39.1. The van der Waals surface area contributed by atoms with Crippen molar-refractivity contribution in [2.75, 3.05) is 19.0 Å². The van der Waals surface area contributed by atoms with Gasteiger partial charge in [0.15, 0.2) is 0 Å². The fourth-order valence-corrected chi connectivity index (χ4v) is 7.49. The third-order valence-corrected chi connectivity index (χ3v) is 11.4. The SMILES string of the molecule is CCCCC/C=C\C\C=C/C=C/C=C/[C@@H](SC[C@H](N)C(=O)OC[C@@H](O)COC(=O)CCCCCCCCCCCCCCCCCCC(C)C)[C@@H](O)CCCC(=O)O. The molecule has 4 atom stereocenters. The number of rotatable bonds is 41. The second-order valence-corrected chi connectivity index (χ2v) is 17.4. The maximum absolute atomic E-state index is 12.5. The number of carbonyl (C=O) groups excluding carboxylic acids is 2. The molecule has 0 saturated heterocycles. The molecule has 0 bridgehead atoms. The van der Waals surface area contributed by atoms with Gasteiger partial charge in [-0.15, -0.1) is 11.8 Å². The first-order chi connectivity index (χ1) is 28.1. The number of thioether (sulfide) groups is 1. The normalized spacial score (nSPS) is 14.3. The molecule has 0 heterocycles. The van der Waals surface area contributed by atoms with Gasteiger partial charge in [0.05, 0.1) is 6.10 Å². The molecular formula is C48H85NO8S. The predicted octanol–water partition coefficient (Wildman–Crippen LogP) is 11.4. The van der Waals surface area contributed by atoms with Crippen LogP contribution in [0.3, 0.4) is 0 Å². The summed E-state index contributed by atoms with van der Waals surface area (Å²) >= 11 is 1.27. The molecular weight excluding hydrogens is 751 g/mol. The van der Waals surface area contributed by atoms with E-state index in [1.807, 2.05) is 30.4 Å². The minimum absolute atomic E-state index is 0.0429. The summed E-state index contributed by atoms with van der Waals surface area (Å²) in [6, 6.07) is -1.01. The summed E-state index contributed by atoms with van der Waals surface area (Å²) < 4.78 is 10.4. The molecule has 0 aliphatic heterocycles. The van der Waals surface area contributed by atoms with E-state index >= 15 is 0 Å². The average molecular weight is 836 g/mol. The second-order valence-electron chi connectivity index (χ2n) is 16.2. The van der Waals surface area contributed by atoms with E-state index in [0.717, 1.165) is 38.0 Å². The minimum atomic E-state index is -1.16. The Morgan fingerprint density at radius 1 is 0.638 bits per heavy atom. The molecule has 9 nitrogen and oxygen atoms in total. The van der Waals surface area contributed by atoms with Gasteiger partial charge < -0.3 is 30.5 Å². The van der Waals surface area contributed by atoms with Crippen LogP contribution in [0.15, 0.2) is 48.6 Å². The molecule has 0 radical (unpaired) electrons. The number of aliphatic carboxylic acids is 1. The number of esters is 2. The fourth-order valence-electron chi connectivity index (χ4n) is 6.36. The Labute approximate surface area is 358 Å². The maximum Gasteiger partial charge on any atom is 0.323 e. The number of allylic oxidation sites excluding steroid dienone is 7. The van der Waals surface area contributed by atoms with E-state index in [2.05, 4.69) is 39.0 Å². The number of carboxylic acids is 1. The number of ether oxygens (including phenoxy) is 2. The van der Waals surface area contributed by atoms with Gasteiger partial charge in [0.1, 0.15) is 25.4 Å². The van der Waals surface area contributed by atoms with Crippen LogP contribution < -0.4 is 5.73 Å². The third-order valence-electron chi connectivity index (χ3n) is 9.99. The minimum Gasteiger partial charge on any atom is -0.481 e. The number of unbranched alkanes of at least 4 members (excludes halogenated alkanes) is 18. The quantitative estimate of drug-likeness (QED) is 0.0202. The summed E-state index contributed by atoms with van der Waals surface area (Å²) in [5.74, 6) is -1.02. The lowest BCUT2D eigenvalue weighted by molar-refractivity contribution is -0.153. The zero-order valence-electron chi connectivity index (χ0n) is 36.9. The van der Waals surface area contributed by atoms with E-state index in [1.54, 1.807) is 0 Å². The number of hydrogen-bond acceptors (Lipinski definition) is 9. The van der Waals surface area contributed by atoms with Crippen molar-refractivity contribution in [3.8, 4) is 0 Å². The van der Waals surface area contributed by atoms with Crippen LogP contribution >= 0.6 is 11.8 Å². The Balaban J connectivity index is 4.18. The number of carboxylic acid groups (broad SMARTS) is 1. The number of hydrogen-bond donors (Lipinski definition) is 4. The highest BCUT2D eigenvalue weighted by Gasteiger charge is 2.23. The van der Waals surface area contributed by atoms with Crippen molar-refractivity contribution >= 4 is 29.7 Å². The summed E-state index contributed by atoms with van der Waals surface area (Å²) in [7, 11) is 0. The summed E-state index contributed by atoms with van der Waals surface area (Å²) in [6.07, 6.45) is 42.0. The van der Waals surface area contributed by atoms with Crippen molar-refractivity contribution in [1.82, 2.24) is 0 Å². The van der Waals surface area contributed by atoms with Crippen LogP contribution in [0, 0.1) is 5.92 Å². The van der Waals surface area contributed by atoms with Crippen LogP contribution in [-0.4, -0.2) is 75.7 Å². The lowest BCUT2D eigenvalue weighted by atomic mass is 10.0. The summed E-state index contributed by atoms with van der Waals surface area (Å²) in [5, 5.41) is 29.5. The molecule has 5 N–H and O–H groups in total. The first kappa shape index (κ1) is 55.6. The van der Waals surface area contributed by atoms with E-state index in [-0.39, 0.29) is 37.8 Å². The maximum atomic E-state index is 12.5. The molecule has 336 valence electrons. The highest BCUT2D eigenvalue weighted by Crippen LogP contribution is 2.22. The highest BCUT2D eigenvalue weighted by molar-refractivity contribution is 8.00. The van der Waals surface area contributed by atoms with E-state index in [1.165, 1.54) is 121 Å². The number of aliphatic hydroxyl groups is 2. The van der Waals surface area contributed by atoms with Crippen molar-refractivity contribution in [2.45, 2.75) is 211 Å². The summed E-state index contributed by atoms with van der Waals surface area (Å²) in [6.45, 7) is 6.20. The number of nitrogens with two attached hydrogens (primary N) is 1. The molecule has 0 aromatic rings. The summed E-state index contributed by atoms with van der Waals surface area (Å²) in [4.78, 5) is 35.6. The van der Waals surface area contributed by atoms with Crippen molar-refractivity contribution in [2.24, 2.45) is 11.7 Å². The Morgan fingerprint density at radius 2 is 1.21 bits per heavy atom. The van der Waals surface area contributed by atoms with Gasteiger partial charge in [-0.3, -0.25) is 14.4 Å². The first-order valence-corrected chi connectivity index (χ1v) is 24.0. The van der Waals surface area contributed by atoms with E-state index in [9.17, 15) is 24.6 Å². The van der Waals surface area contributed by atoms with E-state index in [0.29, 0.717) is 12.8 Å². The standard InChI is InChI=1S/C48H85NO8S/c1-4-5-6-7-8-9-10-18-21-24-27-30-35-45(44(51)34-32-36-46(52)53)58-40-43(49)48(55)57-39-42(50)38-56-47(54)37-31-28-25-22-19-16-14-12-11-13-15-17-20-23-26-29-33-41(2)3/h8-9,18,21,24,27,30,35,41-45,50-51H,4-7,10-17,19-20,22-23,25-26,28-29,31-34,36-40,49H2,1-3H3,(H,52,53)/b9-8-,21-18-,27-24+,35-30+/t42-,43-,44-,45+/m0/s1. The number of aliphatic hydroxyl groups excluding tert-OH is 2. The molecule has 10 heteroatoms. The molecule has 0 aliphatic rings. The summed E-state index contributed by atoms with van der Waals surface area (Å²) in [5.41, 5.74) is 6.07.